The van der Waals surface area contributed by atoms with E-state index in [9.17, 15) is 9.18 Å². The molecule has 24 heavy (non-hydrogen) atoms. The number of carbonyl (C=O) groups excluding carboxylic acids is 1. The molecule has 0 aliphatic carbocycles. The molecule has 0 heterocycles. The van der Waals surface area contributed by atoms with Crippen LogP contribution in [0.5, 0.6) is 11.5 Å². The van der Waals surface area contributed by atoms with Crippen LogP contribution in [0, 0.1) is 5.82 Å². The number of halogens is 1. The first kappa shape index (κ1) is 17.6. The van der Waals surface area contributed by atoms with E-state index in [0.29, 0.717) is 17.1 Å². The molecule has 2 N–H and O–H groups in total. The number of ether oxygens (including phenoxy) is 2. The van der Waals surface area contributed by atoms with Crippen LogP contribution in [0.15, 0.2) is 42.5 Å². The second kappa shape index (κ2) is 8.19. The Morgan fingerprint density at radius 1 is 1.12 bits per heavy atom. The number of hydrogen-bond acceptors (Lipinski definition) is 3. The molecule has 0 spiro atoms. The van der Waals surface area contributed by atoms with Crippen LogP contribution >= 0.6 is 0 Å². The fourth-order valence-corrected chi connectivity index (χ4v) is 2.42. The highest BCUT2D eigenvalue weighted by atomic mass is 19.1. The lowest BCUT2D eigenvalue weighted by atomic mass is 10.1. The zero-order valence-corrected chi connectivity index (χ0v) is 13.9. The van der Waals surface area contributed by atoms with Crippen LogP contribution in [0.25, 0.3) is 0 Å². The predicted octanol–water partition coefficient (Wildman–Crippen LogP) is 3.40. The van der Waals surface area contributed by atoms with Gasteiger partial charge >= 0.3 is 6.03 Å². The highest BCUT2D eigenvalue weighted by molar-refractivity contribution is 5.74. The lowest BCUT2D eigenvalue weighted by Gasteiger charge is -2.17. The number of benzene rings is 2. The maximum absolute atomic E-state index is 13.7. The summed E-state index contributed by atoms with van der Waals surface area (Å²) in [6.07, 6.45) is 0. The molecule has 6 heteroatoms. The summed E-state index contributed by atoms with van der Waals surface area (Å²) in [5.41, 5.74) is 1.22. The van der Waals surface area contributed by atoms with E-state index in [-0.39, 0.29) is 12.4 Å². The van der Waals surface area contributed by atoms with Crippen molar-refractivity contribution in [1.29, 1.82) is 0 Å². The lowest BCUT2D eigenvalue weighted by molar-refractivity contribution is 0.237. The molecule has 0 fully saturated rings. The summed E-state index contributed by atoms with van der Waals surface area (Å²) in [6.45, 7) is 1.99. The Kier molecular flexibility index (Phi) is 6.01. The molecule has 0 saturated carbocycles. The van der Waals surface area contributed by atoms with Crippen molar-refractivity contribution >= 4 is 6.03 Å². The van der Waals surface area contributed by atoms with E-state index < -0.39 is 12.1 Å². The van der Waals surface area contributed by atoms with Gasteiger partial charge in [-0.15, -0.1) is 0 Å². The first-order valence-electron chi connectivity index (χ1n) is 7.55. The van der Waals surface area contributed by atoms with E-state index in [1.165, 1.54) is 6.07 Å². The minimum Gasteiger partial charge on any atom is -0.493 e. The van der Waals surface area contributed by atoms with Crippen molar-refractivity contribution in [3.63, 3.8) is 0 Å². The molecule has 5 nitrogen and oxygen atoms in total. The number of para-hydroxylation sites is 1. The van der Waals surface area contributed by atoms with Gasteiger partial charge in [-0.1, -0.05) is 30.3 Å². The number of rotatable bonds is 6. The number of methoxy groups -OCH3 is 2. The van der Waals surface area contributed by atoms with Gasteiger partial charge in [0.15, 0.2) is 11.5 Å². The van der Waals surface area contributed by atoms with Gasteiger partial charge in [-0.3, -0.25) is 0 Å². The van der Waals surface area contributed by atoms with E-state index in [1.807, 2.05) is 12.1 Å². The smallest absolute Gasteiger partial charge is 0.315 e. The largest absolute Gasteiger partial charge is 0.493 e. The molecule has 0 radical (unpaired) electrons. The second-order valence-corrected chi connectivity index (χ2v) is 5.22. The molecular weight excluding hydrogens is 311 g/mol. The number of urea groups is 1. The van der Waals surface area contributed by atoms with E-state index >= 15 is 0 Å². The van der Waals surface area contributed by atoms with Crippen molar-refractivity contribution in [2.75, 3.05) is 14.2 Å². The lowest BCUT2D eigenvalue weighted by Crippen LogP contribution is -2.37. The van der Waals surface area contributed by atoms with Crippen LogP contribution in [-0.4, -0.2) is 20.3 Å². The van der Waals surface area contributed by atoms with Gasteiger partial charge in [0.05, 0.1) is 20.3 Å². The highest BCUT2D eigenvalue weighted by Crippen LogP contribution is 2.30. The standard InChI is InChI=1S/C18H21FN2O3/c1-12(14-8-4-5-9-15(14)19)21-18(22)20-11-13-7-6-10-16(23-2)17(13)24-3/h4-10,12H,11H2,1-3H3,(H2,20,21,22)/t12-/m1/s1. The van der Waals surface area contributed by atoms with E-state index in [0.717, 1.165) is 5.56 Å². The molecule has 0 unspecified atom stereocenters. The van der Waals surface area contributed by atoms with Gasteiger partial charge < -0.3 is 20.1 Å². The maximum Gasteiger partial charge on any atom is 0.315 e. The van der Waals surface area contributed by atoms with Gasteiger partial charge in [0, 0.05) is 17.7 Å². The molecule has 2 aromatic carbocycles. The Bertz CT molecular complexity index is 706. The van der Waals surface area contributed by atoms with Crippen LogP contribution in [0.3, 0.4) is 0 Å². The van der Waals surface area contributed by atoms with Gasteiger partial charge in [-0.25, -0.2) is 9.18 Å². The van der Waals surface area contributed by atoms with Crippen molar-refractivity contribution in [3.05, 3.63) is 59.4 Å². The molecule has 2 rings (SSSR count). The van der Waals surface area contributed by atoms with Gasteiger partial charge in [-0.05, 0) is 19.1 Å². The van der Waals surface area contributed by atoms with Crippen LogP contribution < -0.4 is 20.1 Å². The van der Waals surface area contributed by atoms with Crippen molar-refractivity contribution in [2.24, 2.45) is 0 Å². The first-order chi connectivity index (χ1) is 11.6. The number of nitrogens with one attached hydrogen (secondary N) is 2. The zero-order valence-electron chi connectivity index (χ0n) is 13.9. The Hall–Kier alpha value is -2.76. The molecule has 128 valence electrons. The van der Waals surface area contributed by atoms with E-state index in [2.05, 4.69) is 10.6 Å². The fourth-order valence-electron chi connectivity index (χ4n) is 2.42. The third-order valence-corrected chi connectivity index (χ3v) is 3.64. The van der Waals surface area contributed by atoms with Crippen LogP contribution in [0.4, 0.5) is 9.18 Å². The number of hydrogen-bond donors (Lipinski definition) is 2. The summed E-state index contributed by atoms with van der Waals surface area (Å²) in [7, 11) is 3.10. The Balaban J connectivity index is 1.98. The summed E-state index contributed by atoms with van der Waals surface area (Å²) in [5, 5.41) is 5.45. The van der Waals surface area contributed by atoms with Crippen LogP contribution in [-0.2, 0) is 6.54 Å². The molecule has 0 aromatic heterocycles. The van der Waals surface area contributed by atoms with Crippen LogP contribution in [0.1, 0.15) is 24.1 Å². The van der Waals surface area contributed by atoms with Crippen LogP contribution in [0.2, 0.25) is 0 Å². The number of carbonyl (C=O) groups is 1. The van der Waals surface area contributed by atoms with E-state index in [4.69, 9.17) is 9.47 Å². The van der Waals surface area contributed by atoms with Gasteiger partial charge in [-0.2, -0.15) is 0 Å². The van der Waals surface area contributed by atoms with E-state index in [1.54, 1.807) is 45.4 Å². The molecular formula is C18H21FN2O3. The quantitative estimate of drug-likeness (QED) is 0.852. The van der Waals surface area contributed by atoms with Crippen molar-refractivity contribution in [1.82, 2.24) is 10.6 Å². The molecule has 0 aliphatic rings. The SMILES string of the molecule is COc1cccc(CNC(=O)N[C@H](C)c2ccccc2F)c1OC. The fraction of sp³-hybridized carbons (Fsp3) is 0.278. The molecule has 0 saturated heterocycles. The summed E-state index contributed by atoms with van der Waals surface area (Å²) in [6, 6.07) is 10.9. The Labute approximate surface area is 140 Å². The van der Waals surface area contributed by atoms with Crippen molar-refractivity contribution in [2.45, 2.75) is 19.5 Å². The summed E-state index contributed by atoms with van der Waals surface area (Å²) < 4.78 is 24.3. The monoisotopic (exact) mass is 332 g/mol. The predicted molar refractivity (Wildman–Crippen MR) is 89.7 cm³/mol. The maximum atomic E-state index is 13.7. The molecule has 2 amide bonds. The minimum atomic E-state index is -0.446. The number of amides is 2. The summed E-state index contributed by atoms with van der Waals surface area (Å²) in [5.74, 6) is 0.819. The molecule has 1 atom stereocenters. The average Bonchev–Trinajstić information content (AvgIpc) is 2.59. The third kappa shape index (κ3) is 4.16. The van der Waals surface area contributed by atoms with Crippen molar-refractivity contribution < 1.29 is 18.7 Å². The average molecular weight is 332 g/mol. The van der Waals surface area contributed by atoms with Gasteiger partial charge in [0.25, 0.3) is 0 Å². The zero-order chi connectivity index (χ0) is 17.5. The normalized spacial score (nSPS) is 11.5. The Morgan fingerprint density at radius 3 is 2.54 bits per heavy atom. The Morgan fingerprint density at radius 2 is 1.88 bits per heavy atom. The van der Waals surface area contributed by atoms with Gasteiger partial charge in [0.1, 0.15) is 5.82 Å². The topological polar surface area (TPSA) is 59.6 Å². The summed E-state index contributed by atoms with van der Waals surface area (Å²) >= 11 is 0. The summed E-state index contributed by atoms with van der Waals surface area (Å²) in [4.78, 5) is 12.0. The molecule has 0 bridgehead atoms. The van der Waals surface area contributed by atoms with Crippen molar-refractivity contribution in [3.8, 4) is 11.5 Å². The molecule has 2 aromatic rings. The second-order valence-electron chi connectivity index (χ2n) is 5.22. The minimum absolute atomic E-state index is 0.260. The van der Waals surface area contributed by atoms with Gasteiger partial charge in [0.2, 0.25) is 0 Å². The molecule has 0 aliphatic heterocycles. The highest BCUT2D eigenvalue weighted by Gasteiger charge is 2.14. The first-order valence-corrected chi connectivity index (χ1v) is 7.55. The third-order valence-electron chi connectivity index (χ3n) is 3.64.